The van der Waals surface area contributed by atoms with Crippen LogP contribution in [0.1, 0.15) is 24.3 Å². The van der Waals surface area contributed by atoms with Crippen molar-refractivity contribution >= 4 is 52.2 Å². The van der Waals surface area contributed by atoms with Crippen molar-refractivity contribution in [1.82, 2.24) is 4.98 Å². The van der Waals surface area contributed by atoms with Crippen molar-refractivity contribution in [2.24, 2.45) is 0 Å². The molecule has 1 N–H and O–H groups in total. The number of anilines is 2. The second kappa shape index (κ2) is 13.5. The number of morpholine rings is 1. The van der Waals surface area contributed by atoms with Crippen molar-refractivity contribution in [3.05, 3.63) is 83.5 Å². The number of esters is 2. The molecule has 1 aromatic heterocycles. The monoisotopic (exact) mass is 673 g/mol. The van der Waals surface area contributed by atoms with Gasteiger partial charge in [-0.25, -0.2) is 14.6 Å². The van der Waals surface area contributed by atoms with E-state index >= 15 is 0 Å². The Kier molecular flexibility index (Phi) is 9.66. The number of nitrogens with one attached hydrogen (secondary N) is 1. The number of aromatic nitrogens is 1. The number of ether oxygens (including phenoxy) is 3. The number of carbonyl (C=O) groups excluding carboxylic acids is 3. The molecule has 0 aliphatic carbocycles. The molecular formula is C32H27ClF3N3O6S. The first-order chi connectivity index (χ1) is 21.8. The summed E-state index contributed by atoms with van der Waals surface area (Å²) in [6.45, 7) is 5.25. The van der Waals surface area contributed by atoms with Gasteiger partial charge in [0.15, 0.2) is 0 Å². The Morgan fingerprint density at radius 2 is 1.50 bits per heavy atom. The molecule has 3 aromatic carbocycles. The van der Waals surface area contributed by atoms with Crippen LogP contribution in [0.2, 0.25) is 5.02 Å². The average Bonchev–Trinajstić information content (AvgIpc) is 3.48. The van der Waals surface area contributed by atoms with Gasteiger partial charge in [-0.2, -0.15) is 13.2 Å². The van der Waals surface area contributed by atoms with Crippen molar-refractivity contribution in [1.29, 1.82) is 0 Å². The smallest absolute Gasteiger partial charge is 0.476 e. The molecule has 0 radical (unpaired) electrons. The van der Waals surface area contributed by atoms with E-state index in [1.807, 2.05) is 24.3 Å². The molecule has 1 amide bonds. The van der Waals surface area contributed by atoms with E-state index in [0.29, 0.717) is 39.4 Å². The fourth-order valence-electron chi connectivity index (χ4n) is 4.43. The SMILES string of the molecule is CC(C)(Oc1ccc(-c2nc(C(=O)Nc3ccc(N4CCOCC4)cc3)c(-c3ccc(Cl)cc3)s2)cc1)C(=O)OC(=O)C(F)(F)F. The van der Waals surface area contributed by atoms with E-state index in [9.17, 15) is 27.6 Å². The Morgan fingerprint density at radius 3 is 2.11 bits per heavy atom. The normalized spacial score (nSPS) is 13.7. The molecule has 0 bridgehead atoms. The van der Waals surface area contributed by atoms with Gasteiger partial charge >= 0.3 is 18.1 Å². The predicted molar refractivity (Wildman–Crippen MR) is 167 cm³/mol. The van der Waals surface area contributed by atoms with Crippen LogP contribution in [0.4, 0.5) is 24.5 Å². The van der Waals surface area contributed by atoms with Crippen LogP contribution in [0.5, 0.6) is 5.75 Å². The number of nitrogens with zero attached hydrogens (tertiary/aromatic N) is 2. The number of amides is 1. The van der Waals surface area contributed by atoms with Crippen LogP contribution in [0.3, 0.4) is 0 Å². The topological polar surface area (TPSA) is 107 Å². The number of hydrogen-bond donors (Lipinski definition) is 1. The van der Waals surface area contributed by atoms with Gasteiger partial charge in [0.2, 0.25) is 5.60 Å². The van der Waals surface area contributed by atoms with E-state index in [-0.39, 0.29) is 11.4 Å². The van der Waals surface area contributed by atoms with Crippen molar-refractivity contribution in [2.45, 2.75) is 25.6 Å². The predicted octanol–water partition coefficient (Wildman–Crippen LogP) is 7.01. The number of thiazole rings is 1. The van der Waals surface area contributed by atoms with Crippen molar-refractivity contribution in [3.63, 3.8) is 0 Å². The Labute approximate surface area is 270 Å². The second-order valence-electron chi connectivity index (χ2n) is 10.6. The first-order valence-electron chi connectivity index (χ1n) is 13.9. The van der Waals surface area contributed by atoms with Gasteiger partial charge in [0.05, 0.1) is 18.1 Å². The van der Waals surface area contributed by atoms with Crippen LogP contribution in [-0.4, -0.2) is 60.9 Å². The van der Waals surface area contributed by atoms with Crippen LogP contribution in [0.15, 0.2) is 72.8 Å². The van der Waals surface area contributed by atoms with Crippen LogP contribution in [0.25, 0.3) is 21.0 Å². The summed E-state index contributed by atoms with van der Waals surface area (Å²) in [5, 5.41) is 3.95. The standard InChI is InChI=1S/C32H27ClF3N3O6S/c1-31(2,29(41)44-30(42)32(34,35)36)45-24-13-5-20(6-14-24)28-38-25(26(46-28)19-3-7-21(33)8-4-19)27(40)37-22-9-11-23(12-10-22)39-15-17-43-18-16-39/h3-14H,15-18H2,1-2H3,(H,37,40). The maximum Gasteiger partial charge on any atom is 0.491 e. The van der Waals surface area contributed by atoms with Gasteiger partial charge in [0.1, 0.15) is 16.5 Å². The molecule has 0 atom stereocenters. The fourth-order valence-corrected chi connectivity index (χ4v) is 5.63. The van der Waals surface area contributed by atoms with Crippen LogP contribution in [0, 0.1) is 0 Å². The van der Waals surface area contributed by atoms with E-state index in [4.69, 9.17) is 21.1 Å². The van der Waals surface area contributed by atoms with Gasteiger partial charge in [0, 0.05) is 35.1 Å². The summed E-state index contributed by atoms with van der Waals surface area (Å²) in [4.78, 5) is 44.2. The first-order valence-corrected chi connectivity index (χ1v) is 15.1. The summed E-state index contributed by atoms with van der Waals surface area (Å²) < 4.78 is 52.4. The molecule has 1 aliphatic heterocycles. The second-order valence-corrected chi connectivity index (χ2v) is 12.1. The minimum atomic E-state index is -5.32. The van der Waals surface area contributed by atoms with E-state index < -0.39 is 29.6 Å². The van der Waals surface area contributed by atoms with Gasteiger partial charge in [-0.3, -0.25) is 4.79 Å². The molecule has 240 valence electrons. The molecule has 1 saturated heterocycles. The highest BCUT2D eigenvalue weighted by Gasteiger charge is 2.45. The number of benzene rings is 3. The lowest BCUT2D eigenvalue weighted by molar-refractivity contribution is -0.206. The highest BCUT2D eigenvalue weighted by atomic mass is 35.5. The zero-order valence-corrected chi connectivity index (χ0v) is 26.1. The van der Waals surface area contributed by atoms with Crippen molar-refractivity contribution in [3.8, 4) is 26.8 Å². The molecule has 9 nitrogen and oxygen atoms in total. The number of alkyl halides is 3. The molecule has 4 aromatic rings. The Bertz CT molecular complexity index is 1720. The maximum absolute atomic E-state index is 13.5. The van der Waals surface area contributed by atoms with Crippen molar-refractivity contribution < 1.29 is 41.8 Å². The lowest BCUT2D eigenvalue weighted by atomic mass is 10.1. The number of halogens is 4. The average molecular weight is 674 g/mol. The number of rotatable bonds is 8. The lowest BCUT2D eigenvalue weighted by Crippen LogP contribution is -2.43. The minimum absolute atomic E-state index is 0.123. The van der Waals surface area contributed by atoms with E-state index in [0.717, 1.165) is 24.3 Å². The molecule has 0 saturated carbocycles. The van der Waals surface area contributed by atoms with Gasteiger partial charge in [-0.1, -0.05) is 23.7 Å². The summed E-state index contributed by atoms with van der Waals surface area (Å²) in [6.07, 6.45) is -5.32. The summed E-state index contributed by atoms with van der Waals surface area (Å²) >= 11 is 7.37. The summed E-state index contributed by atoms with van der Waals surface area (Å²) in [5.41, 5.74) is 1.25. The first kappa shape index (κ1) is 32.9. The third-order valence-electron chi connectivity index (χ3n) is 6.83. The number of carbonyl (C=O) groups is 3. The minimum Gasteiger partial charge on any atom is -0.476 e. The molecule has 1 aliphatic rings. The zero-order valence-electron chi connectivity index (χ0n) is 24.5. The van der Waals surface area contributed by atoms with Gasteiger partial charge in [0.25, 0.3) is 5.91 Å². The third kappa shape index (κ3) is 7.84. The highest BCUT2D eigenvalue weighted by Crippen LogP contribution is 2.37. The Balaban J connectivity index is 1.35. The molecule has 2 heterocycles. The van der Waals surface area contributed by atoms with Gasteiger partial charge in [-0.05, 0) is 80.1 Å². The highest BCUT2D eigenvalue weighted by molar-refractivity contribution is 7.18. The van der Waals surface area contributed by atoms with Crippen molar-refractivity contribution in [2.75, 3.05) is 36.5 Å². The molecule has 0 spiro atoms. The Morgan fingerprint density at radius 1 is 0.891 bits per heavy atom. The fraction of sp³-hybridized carbons (Fsp3) is 0.250. The Hall–Kier alpha value is -4.46. The van der Waals surface area contributed by atoms with Crippen LogP contribution < -0.4 is 15.0 Å². The molecule has 1 fully saturated rings. The third-order valence-corrected chi connectivity index (χ3v) is 8.24. The molecule has 14 heteroatoms. The number of hydrogen-bond acceptors (Lipinski definition) is 9. The zero-order chi connectivity index (χ0) is 33.1. The molecule has 46 heavy (non-hydrogen) atoms. The molecule has 0 unspecified atom stereocenters. The van der Waals surface area contributed by atoms with E-state index in [2.05, 4.69) is 19.9 Å². The van der Waals surface area contributed by atoms with E-state index in [1.54, 1.807) is 36.4 Å². The summed E-state index contributed by atoms with van der Waals surface area (Å²) in [5.74, 6) is -4.43. The largest absolute Gasteiger partial charge is 0.491 e. The van der Waals surface area contributed by atoms with Gasteiger partial charge < -0.3 is 24.4 Å². The van der Waals surface area contributed by atoms with Crippen LogP contribution >= 0.6 is 22.9 Å². The van der Waals surface area contributed by atoms with E-state index in [1.165, 1.54) is 37.3 Å². The molecule has 5 rings (SSSR count). The van der Waals surface area contributed by atoms with Crippen LogP contribution in [-0.2, 0) is 19.1 Å². The molecular weight excluding hydrogens is 647 g/mol. The van der Waals surface area contributed by atoms with Gasteiger partial charge in [-0.15, -0.1) is 11.3 Å². The summed E-state index contributed by atoms with van der Waals surface area (Å²) in [7, 11) is 0. The quantitative estimate of drug-likeness (QED) is 0.157. The lowest BCUT2D eigenvalue weighted by Gasteiger charge is -2.28. The summed E-state index contributed by atoms with van der Waals surface area (Å²) in [6, 6.07) is 20.7. The maximum atomic E-state index is 13.5.